The summed E-state index contributed by atoms with van der Waals surface area (Å²) in [7, 11) is 0. The van der Waals surface area contributed by atoms with Crippen molar-refractivity contribution < 1.29 is 5.11 Å². The van der Waals surface area contributed by atoms with Crippen molar-refractivity contribution in [3.05, 3.63) is 10.1 Å². The second-order valence-corrected chi connectivity index (χ2v) is 7.12. The summed E-state index contributed by atoms with van der Waals surface area (Å²) in [6.45, 7) is 1.86. The molecule has 0 aromatic heterocycles. The molecule has 1 fully saturated rings. The van der Waals surface area contributed by atoms with Crippen LogP contribution in [-0.2, 0) is 0 Å². The van der Waals surface area contributed by atoms with E-state index in [1.165, 1.54) is 0 Å². The number of fused-ring (bicyclic) bond motifs is 2. The number of halogens is 4. The lowest BCUT2D eigenvalue weighted by molar-refractivity contribution is 0.288. The van der Waals surface area contributed by atoms with Crippen LogP contribution < -0.4 is 0 Å². The van der Waals surface area contributed by atoms with Crippen molar-refractivity contribution in [3.8, 4) is 11.8 Å². The lowest BCUT2D eigenvalue weighted by atomic mass is 9.74. The molecular weight excluding hydrogens is 302 g/mol. The standard InChI is InChI=1S/C12H12Cl4O/c1-10(4-2-3-5-17)6-11(15)7-12(10,16)9(14)8(11)13/h17H,4-7H2,1H3. The highest BCUT2D eigenvalue weighted by molar-refractivity contribution is 6.51. The van der Waals surface area contributed by atoms with Crippen LogP contribution in [0, 0.1) is 17.3 Å². The summed E-state index contributed by atoms with van der Waals surface area (Å²) >= 11 is 25.5. The van der Waals surface area contributed by atoms with E-state index < -0.39 is 9.75 Å². The molecule has 1 saturated carbocycles. The van der Waals surface area contributed by atoms with E-state index >= 15 is 0 Å². The van der Waals surface area contributed by atoms with Crippen molar-refractivity contribution in [1.29, 1.82) is 0 Å². The fourth-order valence-electron chi connectivity index (χ4n) is 2.81. The Kier molecular flexibility index (Phi) is 3.44. The largest absolute Gasteiger partial charge is 0.384 e. The van der Waals surface area contributed by atoms with E-state index in [1.807, 2.05) is 6.92 Å². The molecule has 94 valence electrons. The highest BCUT2D eigenvalue weighted by Gasteiger charge is 2.68. The van der Waals surface area contributed by atoms with Crippen molar-refractivity contribution in [3.63, 3.8) is 0 Å². The Balaban J connectivity index is 2.36. The van der Waals surface area contributed by atoms with Crippen LogP contribution in [0.15, 0.2) is 10.1 Å². The normalized spacial score (nSPS) is 43.9. The number of allylic oxidation sites excluding steroid dienone is 2. The second kappa shape index (κ2) is 4.22. The molecule has 0 aromatic rings. The van der Waals surface area contributed by atoms with Crippen LogP contribution >= 0.6 is 46.4 Å². The van der Waals surface area contributed by atoms with Crippen LogP contribution in [0.5, 0.6) is 0 Å². The first-order valence-corrected chi connectivity index (χ1v) is 6.81. The molecule has 17 heavy (non-hydrogen) atoms. The van der Waals surface area contributed by atoms with Gasteiger partial charge in [0.05, 0.1) is 19.8 Å². The van der Waals surface area contributed by atoms with Crippen LogP contribution in [0.2, 0.25) is 0 Å². The maximum absolute atomic E-state index is 8.68. The third kappa shape index (κ3) is 1.81. The SMILES string of the molecule is CC1(CC#CCO)CC2(Cl)CC1(Cl)C(Cl)=C2Cl. The fraction of sp³-hybridized carbons (Fsp3) is 0.667. The van der Waals surface area contributed by atoms with Gasteiger partial charge >= 0.3 is 0 Å². The van der Waals surface area contributed by atoms with Crippen LogP contribution in [-0.4, -0.2) is 21.5 Å². The van der Waals surface area contributed by atoms with Gasteiger partial charge in [-0.2, -0.15) is 0 Å². The quantitative estimate of drug-likeness (QED) is 0.576. The Hall–Kier alpha value is 0.420. The van der Waals surface area contributed by atoms with Gasteiger partial charge in [0.25, 0.3) is 0 Å². The molecule has 2 aliphatic rings. The van der Waals surface area contributed by atoms with Gasteiger partial charge in [-0.05, 0) is 12.8 Å². The zero-order chi connectivity index (χ0) is 12.9. The molecule has 0 aromatic carbocycles. The van der Waals surface area contributed by atoms with Gasteiger partial charge in [0.15, 0.2) is 0 Å². The number of aliphatic hydroxyl groups is 1. The monoisotopic (exact) mass is 312 g/mol. The molecule has 0 amide bonds. The average Bonchev–Trinajstić information content (AvgIpc) is 2.55. The summed E-state index contributed by atoms with van der Waals surface area (Å²) < 4.78 is 0. The summed E-state index contributed by atoms with van der Waals surface area (Å²) in [6, 6.07) is 0. The van der Waals surface area contributed by atoms with E-state index in [1.54, 1.807) is 0 Å². The third-order valence-electron chi connectivity index (χ3n) is 3.77. The Morgan fingerprint density at radius 1 is 1.18 bits per heavy atom. The molecule has 0 saturated heterocycles. The zero-order valence-electron chi connectivity index (χ0n) is 9.29. The van der Waals surface area contributed by atoms with E-state index in [4.69, 9.17) is 51.5 Å². The Morgan fingerprint density at radius 3 is 2.29 bits per heavy atom. The van der Waals surface area contributed by atoms with Crippen molar-refractivity contribution >= 4 is 46.4 Å². The Morgan fingerprint density at radius 2 is 1.82 bits per heavy atom. The molecule has 0 radical (unpaired) electrons. The number of alkyl halides is 2. The average molecular weight is 314 g/mol. The highest BCUT2D eigenvalue weighted by atomic mass is 35.5. The molecule has 0 spiro atoms. The lowest BCUT2D eigenvalue weighted by Gasteiger charge is -2.39. The van der Waals surface area contributed by atoms with Crippen molar-refractivity contribution in [2.24, 2.45) is 5.41 Å². The van der Waals surface area contributed by atoms with Gasteiger partial charge in [0.1, 0.15) is 6.61 Å². The molecule has 2 rings (SSSR count). The molecule has 1 N–H and O–H groups in total. The van der Waals surface area contributed by atoms with Gasteiger partial charge in [-0.1, -0.05) is 36.0 Å². The van der Waals surface area contributed by atoms with Crippen molar-refractivity contribution in [1.82, 2.24) is 0 Å². The van der Waals surface area contributed by atoms with Gasteiger partial charge in [-0.3, -0.25) is 0 Å². The number of rotatable bonds is 1. The Bertz CT molecular complexity index is 449. The molecule has 1 nitrogen and oxygen atoms in total. The molecule has 2 bridgehead atoms. The predicted octanol–water partition coefficient (Wildman–Crippen LogP) is 3.83. The minimum atomic E-state index is -0.725. The van der Waals surface area contributed by atoms with E-state index in [0.29, 0.717) is 29.3 Å². The van der Waals surface area contributed by atoms with Crippen LogP contribution in [0.25, 0.3) is 0 Å². The minimum absolute atomic E-state index is 0.151. The molecule has 3 atom stereocenters. The first kappa shape index (κ1) is 13.8. The Labute approximate surface area is 121 Å². The molecule has 0 aliphatic heterocycles. The molecule has 0 heterocycles. The smallest absolute Gasteiger partial charge is 0.104 e. The molecule has 3 unspecified atom stereocenters. The maximum atomic E-state index is 8.68. The zero-order valence-corrected chi connectivity index (χ0v) is 12.3. The lowest BCUT2D eigenvalue weighted by Crippen LogP contribution is -2.38. The van der Waals surface area contributed by atoms with Crippen LogP contribution in [0.3, 0.4) is 0 Å². The van der Waals surface area contributed by atoms with E-state index in [0.717, 1.165) is 0 Å². The first-order chi connectivity index (χ1) is 7.79. The van der Waals surface area contributed by atoms with Gasteiger partial charge < -0.3 is 5.11 Å². The predicted molar refractivity (Wildman–Crippen MR) is 72.7 cm³/mol. The number of aliphatic hydroxyl groups excluding tert-OH is 1. The molecule has 5 heteroatoms. The van der Waals surface area contributed by atoms with Gasteiger partial charge in [-0.25, -0.2) is 0 Å². The van der Waals surface area contributed by atoms with E-state index in [9.17, 15) is 0 Å². The second-order valence-electron chi connectivity index (χ2n) is 5.00. The summed E-state index contributed by atoms with van der Waals surface area (Å²) in [4.78, 5) is -1.37. The first-order valence-electron chi connectivity index (χ1n) is 5.30. The van der Waals surface area contributed by atoms with E-state index in [-0.39, 0.29) is 12.0 Å². The summed E-state index contributed by atoms with van der Waals surface area (Å²) in [5, 5.41) is 9.61. The topological polar surface area (TPSA) is 20.2 Å². The molecule has 2 aliphatic carbocycles. The molecular formula is C12H12Cl4O. The van der Waals surface area contributed by atoms with Gasteiger partial charge in [0, 0.05) is 11.8 Å². The third-order valence-corrected chi connectivity index (χ3v) is 6.36. The number of hydrogen-bond acceptors (Lipinski definition) is 1. The minimum Gasteiger partial charge on any atom is -0.384 e. The van der Waals surface area contributed by atoms with Gasteiger partial charge in [-0.15, -0.1) is 29.1 Å². The van der Waals surface area contributed by atoms with Crippen molar-refractivity contribution in [2.75, 3.05) is 6.61 Å². The summed E-state index contributed by atoms with van der Waals surface area (Å²) in [5.74, 6) is 5.54. The van der Waals surface area contributed by atoms with Crippen LogP contribution in [0.4, 0.5) is 0 Å². The number of hydrogen-bond donors (Lipinski definition) is 1. The van der Waals surface area contributed by atoms with Gasteiger partial charge in [0.2, 0.25) is 0 Å². The van der Waals surface area contributed by atoms with Crippen molar-refractivity contribution in [2.45, 2.75) is 35.9 Å². The fourth-order valence-corrected chi connectivity index (χ4v) is 4.79. The summed E-state index contributed by atoms with van der Waals surface area (Å²) in [6.07, 6.45) is 1.74. The van der Waals surface area contributed by atoms with Crippen LogP contribution in [0.1, 0.15) is 26.2 Å². The highest BCUT2D eigenvalue weighted by Crippen LogP contribution is 2.70. The van der Waals surface area contributed by atoms with E-state index in [2.05, 4.69) is 11.8 Å². The maximum Gasteiger partial charge on any atom is 0.104 e. The summed E-state index contributed by atoms with van der Waals surface area (Å²) in [5.41, 5.74) is -0.312.